The Morgan fingerprint density at radius 3 is 2.89 bits per heavy atom. The summed E-state index contributed by atoms with van der Waals surface area (Å²) in [4.78, 5) is 2.18. The Bertz CT molecular complexity index is 520. The number of aliphatic hydroxyl groups is 1. The molecule has 0 aliphatic heterocycles. The van der Waals surface area contributed by atoms with Crippen molar-refractivity contribution in [3.63, 3.8) is 0 Å². The minimum absolute atomic E-state index is 0.0899. The summed E-state index contributed by atoms with van der Waals surface area (Å²) in [5.74, 6) is 7.54. The zero-order valence-corrected chi connectivity index (χ0v) is 12.6. The minimum Gasteiger partial charge on any atom is -0.395 e. The van der Waals surface area contributed by atoms with Crippen LogP contribution in [0, 0.1) is 11.8 Å². The van der Waals surface area contributed by atoms with Gasteiger partial charge in [0.15, 0.2) is 0 Å². The van der Waals surface area contributed by atoms with E-state index in [4.69, 9.17) is 5.11 Å². The molecule has 1 N–H and O–H groups in total. The molecule has 0 atom stereocenters. The van der Waals surface area contributed by atoms with E-state index in [0.717, 1.165) is 10.6 Å². The molecule has 18 heavy (non-hydrogen) atoms. The fourth-order valence-corrected chi connectivity index (χ4v) is 4.40. The Labute approximate surface area is 117 Å². The first-order valence-corrected chi connectivity index (χ1v) is 9.48. The third kappa shape index (κ3) is 7.07. The SMILES string of the molecule is CS(=O)(=O)CCSCc1ccc(C#CCCO)s1. The van der Waals surface area contributed by atoms with Crippen LogP contribution in [-0.4, -0.2) is 37.9 Å². The van der Waals surface area contributed by atoms with Crippen molar-refractivity contribution in [2.75, 3.05) is 24.4 Å². The van der Waals surface area contributed by atoms with Crippen molar-refractivity contribution in [2.45, 2.75) is 12.2 Å². The molecule has 1 rings (SSSR count). The summed E-state index contributed by atoms with van der Waals surface area (Å²) in [5, 5.41) is 8.61. The molecule has 100 valence electrons. The molecule has 0 fully saturated rings. The summed E-state index contributed by atoms with van der Waals surface area (Å²) in [7, 11) is -2.85. The smallest absolute Gasteiger partial charge is 0.148 e. The number of thioether (sulfide) groups is 1. The van der Waals surface area contributed by atoms with Crippen molar-refractivity contribution in [3.05, 3.63) is 21.9 Å². The zero-order valence-electron chi connectivity index (χ0n) is 10.2. The van der Waals surface area contributed by atoms with E-state index in [1.165, 1.54) is 11.1 Å². The van der Waals surface area contributed by atoms with Crippen molar-refractivity contribution in [1.82, 2.24) is 0 Å². The van der Waals surface area contributed by atoms with Gasteiger partial charge in [-0.05, 0) is 12.1 Å². The van der Waals surface area contributed by atoms with Crippen molar-refractivity contribution in [1.29, 1.82) is 0 Å². The summed E-state index contributed by atoms with van der Waals surface area (Å²) in [6.07, 6.45) is 1.75. The minimum atomic E-state index is -2.85. The molecule has 6 heteroatoms. The van der Waals surface area contributed by atoms with Crippen LogP contribution in [0.5, 0.6) is 0 Å². The summed E-state index contributed by atoms with van der Waals surface area (Å²) in [5.41, 5.74) is 0. The van der Waals surface area contributed by atoms with E-state index < -0.39 is 9.84 Å². The van der Waals surface area contributed by atoms with Crippen LogP contribution in [0.4, 0.5) is 0 Å². The zero-order chi connectivity index (χ0) is 13.4. The van der Waals surface area contributed by atoms with Gasteiger partial charge in [0.25, 0.3) is 0 Å². The van der Waals surface area contributed by atoms with Crippen molar-refractivity contribution < 1.29 is 13.5 Å². The van der Waals surface area contributed by atoms with Crippen molar-refractivity contribution in [2.24, 2.45) is 0 Å². The number of aliphatic hydroxyl groups excluding tert-OH is 1. The maximum absolute atomic E-state index is 10.9. The summed E-state index contributed by atoms with van der Waals surface area (Å²) in [6, 6.07) is 3.97. The van der Waals surface area contributed by atoms with E-state index >= 15 is 0 Å². The Balaban J connectivity index is 2.34. The van der Waals surface area contributed by atoms with Crippen LogP contribution in [0.15, 0.2) is 12.1 Å². The van der Waals surface area contributed by atoms with Gasteiger partial charge in [-0.3, -0.25) is 0 Å². The Morgan fingerprint density at radius 1 is 1.44 bits per heavy atom. The highest BCUT2D eigenvalue weighted by atomic mass is 32.2. The van der Waals surface area contributed by atoms with Crippen LogP contribution in [-0.2, 0) is 15.6 Å². The standard InChI is InChI=1S/C12H16O3S3/c1-18(14,15)9-8-16-10-12-6-5-11(17-12)4-2-3-7-13/h5-6,13H,3,7-10H2,1H3. The molecule has 1 heterocycles. The van der Waals surface area contributed by atoms with Crippen LogP contribution >= 0.6 is 23.1 Å². The first-order valence-electron chi connectivity index (χ1n) is 5.45. The summed E-state index contributed by atoms with van der Waals surface area (Å²) >= 11 is 3.23. The third-order valence-corrected chi connectivity index (χ3v) is 5.35. The largest absolute Gasteiger partial charge is 0.395 e. The van der Waals surface area contributed by atoms with Gasteiger partial charge < -0.3 is 5.11 Å². The Hall–Kier alpha value is -0.480. The number of thiophene rings is 1. The maximum atomic E-state index is 10.9. The predicted octanol–water partition coefficient (Wildman–Crippen LogP) is 1.76. The van der Waals surface area contributed by atoms with Gasteiger partial charge in [0.05, 0.1) is 17.2 Å². The normalized spacial score (nSPS) is 11.0. The lowest BCUT2D eigenvalue weighted by Gasteiger charge is -1.97. The molecule has 0 saturated carbocycles. The Morgan fingerprint density at radius 2 is 2.22 bits per heavy atom. The number of rotatable bonds is 6. The average Bonchev–Trinajstić information content (AvgIpc) is 2.72. The summed E-state index contributed by atoms with van der Waals surface area (Å²) < 4.78 is 21.9. The molecule has 0 radical (unpaired) electrons. The van der Waals surface area contributed by atoms with Gasteiger partial charge >= 0.3 is 0 Å². The fourth-order valence-electron chi connectivity index (χ4n) is 1.11. The molecule has 1 aromatic heterocycles. The topological polar surface area (TPSA) is 54.4 Å². The van der Waals surface area contributed by atoms with E-state index in [1.54, 1.807) is 23.1 Å². The number of hydrogen-bond acceptors (Lipinski definition) is 5. The second-order valence-electron chi connectivity index (χ2n) is 3.72. The van der Waals surface area contributed by atoms with E-state index in [1.807, 2.05) is 12.1 Å². The van der Waals surface area contributed by atoms with Crippen LogP contribution in [0.2, 0.25) is 0 Å². The first-order chi connectivity index (χ1) is 8.51. The first kappa shape index (κ1) is 15.6. The highest BCUT2D eigenvalue weighted by molar-refractivity contribution is 8.00. The van der Waals surface area contributed by atoms with Crippen LogP contribution in [0.3, 0.4) is 0 Å². The molecule has 0 aliphatic carbocycles. The van der Waals surface area contributed by atoms with Gasteiger partial charge in [0, 0.05) is 29.1 Å². The lowest BCUT2D eigenvalue weighted by atomic mass is 10.4. The van der Waals surface area contributed by atoms with E-state index in [2.05, 4.69) is 11.8 Å². The molecule has 0 saturated heterocycles. The summed E-state index contributed by atoms with van der Waals surface area (Å²) in [6.45, 7) is 0.0899. The van der Waals surface area contributed by atoms with Gasteiger partial charge in [0.1, 0.15) is 9.84 Å². The average molecular weight is 304 g/mol. The van der Waals surface area contributed by atoms with E-state index in [-0.39, 0.29) is 12.4 Å². The van der Waals surface area contributed by atoms with Crippen molar-refractivity contribution >= 4 is 32.9 Å². The molecular formula is C12H16O3S3. The molecule has 0 spiro atoms. The molecule has 0 bridgehead atoms. The van der Waals surface area contributed by atoms with E-state index in [0.29, 0.717) is 12.2 Å². The lowest BCUT2D eigenvalue weighted by Crippen LogP contribution is -2.04. The molecular weight excluding hydrogens is 288 g/mol. The molecule has 1 aromatic rings. The number of hydrogen-bond donors (Lipinski definition) is 1. The van der Waals surface area contributed by atoms with Crippen LogP contribution < -0.4 is 0 Å². The van der Waals surface area contributed by atoms with Gasteiger partial charge in [-0.25, -0.2) is 8.42 Å². The Kier molecular flexibility index (Phi) is 6.79. The maximum Gasteiger partial charge on any atom is 0.148 e. The quantitative estimate of drug-likeness (QED) is 0.643. The van der Waals surface area contributed by atoms with E-state index in [9.17, 15) is 8.42 Å². The van der Waals surface area contributed by atoms with Crippen molar-refractivity contribution in [3.8, 4) is 11.8 Å². The van der Waals surface area contributed by atoms with Crippen LogP contribution in [0.1, 0.15) is 16.2 Å². The second kappa shape index (κ2) is 7.85. The fraction of sp³-hybridized carbons (Fsp3) is 0.500. The molecule has 0 aromatic carbocycles. The van der Waals surface area contributed by atoms with Gasteiger partial charge in [-0.2, -0.15) is 11.8 Å². The van der Waals surface area contributed by atoms with Gasteiger partial charge in [-0.15, -0.1) is 11.3 Å². The molecule has 0 unspecified atom stereocenters. The lowest BCUT2D eigenvalue weighted by molar-refractivity contribution is 0.305. The highest BCUT2D eigenvalue weighted by Gasteiger charge is 2.03. The molecule has 0 aliphatic rings. The van der Waals surface area contributed by atoms with Gasteiger partial charge in [0.2, 0.25) is 0 Å². The molecule has 0 amide bonds. The number of sulfone groups is 1. The van der Waals surface area contributed by atoms with Gasteiger partial charge in [-0.1, -0.05) is 11.8 Å². The monoisotopic (exact) mass is 304 g/mol. The van der Waals surface area contributed by atoms with Crippen LogP contribution in [0.25, 0.3) is 0 Å². The third-order valence-electron chi connectivity index (χ3n) is 1.95. The predicted molar refractivity (Wildman–Crippen MR) is 78.8 cm³/mol. The molecule has 3 nitrogen and oxygen atoms in total. The highest BCUT2D eigenvalue weighted by Crippen LogP contribution is 2.21. The second-order valence-corrected chi connectivity index (χ2v) is 8.26.